The molecule has 26 heavy (non-hydrogen) atoms. The molecule has 2 amide bonds. The highest BCUT2D eigenvalue weighted by atomic mass is 32.2. The van der Waals surface area contributed by atoms with E-state index in [1.54, 1.807) is 17.4 Å². The van der Waals surface area contributed by atoms with Gasteiger partial charge in [-0.2, -0.15) is 11.3 Å². The molecular weight excluding hydrogens is 366 g/mol. The first-order valence-corrected chi connectivity index (χ1v) is 9.86. The zero-order valence-electron chi connectivity index (χ0n) is 13.8. The molecular formula is C20H15NO3S2. The SMILES string of the molecule is O=C1S/C(=C\c2ccsc2)C(=O)N1CCOc1cccc2ccccc12. The lowest BCUT2D eigenvalue weighted by Crippen LogP contribution is -2.32. The van der Waals surface area contributed by atoms with Crippen LogP contribution in [0, 0.1) is 0 Å². The summed E-state index contributed by atoms with van der Waals surface area (Å²) >= 11 is 2.53. The molecule has 2 aromatic carbocycles. The Morgan fingerprint density at radius 3 is 2.73 bits per heavy atom. The quantitative estimate of drug-likeness (QED) is 0.583. The summed E-state index contributed by atoms with van der Waals surface area (Å²) < 4.78 is 5.85. The van der Waals surface area contributed by atoms with E-state index < -0.39 is 0 Å². The van der Waals surface area contributed by atoms with Gasteiger partial charge in [-0.3, -0.25) is 14.5 Å². The lowest BCUT2D eigenvalue weighted by Gasteiger charge is -2.14. The Bertz CT molecular complexity index is 990. The number of carbonyl (C=O) groups excluding carboxylic acids is 2. The monoisotopic (exact) mass is 381 g/mol. The minimum absolute atomic E-state index is 0.231. The largest absolute Gasteiger partial charge is 0.491 e. The van der Waals surface area contributed by atoms with Crippen LogP contribution in [0.25, 0.3) is 16.8 Å². The number of thiophene rings is 1. The third-order valence-electron chi connectivity index (χ3n) is 4.04. The van der Waals surface area contributed by atoms with Crippen LogP contribution in [0.2, 0.25) is 0 Å². The maximum atomic E-state index is 12.5. The second kappa shape index (κ2) is 7.35. The van der Waals surface area contributed by atoms with Crippen LogP contribution in [0.15, 0.2) is 64.2 Å². The molecule has 4 rings (SSSR count). The van der Waals surface area contributed by atoms with E-state index in [0.717, 1.165) is 33.8 Å². The number of hydrogen-bond acceptors (Lipinski definition) is 5. The number of thioether (sulfide) groups is 1. The van der Waals surface area contributed by atoms with E-state index in [-0.39, 0.29) is 24.3 Å². The molecule has 0 aliphatic carbocycles. The number of fused-ring (bicyclic) bond motifs is 1. The molecule has 1 aliphatic heterocycles. The van der Waals surface area contributed by atoms with Crippen molar-refractivity contribution in [3.8, 4) is 5.75 Å². The summed E-state index contributed by atoms with van der Waals surface area (Å²) in [4.78, 5) is 26.3. The van der Waals surface area contributed by atoms with Crippen LogP contribution in [-0.2, 0) is 4.79 Å². The van der Waals surface area contributed by atoms with Crippen molar-refractivity contribution in [3.63, 3.8) is 0 Å². The Kier molecular flexibility index (Phi) is 4.77. The van der Waals surface area contributed by atoms with Gasteiger partial charge >= 0.3 is 0 Å². The fraction of sp³-hybridized carbons (Fsp3) is 0.100. The Hall–Kier alpha value is -2.57. The number of amides is 2. The van der Waals surface area contributed by atoms with Crippen LogP contribution in [-0.4, -0.2) is 29.2 Å². The summed E-state index contributed by atoms with van der Waals surface area (Å²) in [6.45, 7) is 0.493. The van der Waals surface area contributed by atoms with Gasteiger partial charge in [-0.1, -0.05) is 36.4 Å². The van der Waals surface area contributed by atoms with Gasteiger partial charge in [0.15, 0.2) is 0 Å². The number of benzene rings is 2. The molecule has 1 saturated heterocycles. The number of rotatable bonds is 5. The Labute approximate surface area is 159 Å². The third-order valence-corrected chi connectivity index (χ3v) is 5.65. The van der Waals surface area contributed by atoms with Gasteiger partial charge in [-0.15, -0.1) is 0 Å². The minimum Gasteiger partial charge on any atom is -0.491 e. The molecule has 1 aromatic heterocycles. The number of carbonyl (C=O) groups is 2. The van der Waals surface area contributed by atoms with E-state index in [0.29, 0.717) is 4.91 Å². The summed E-state index contributed by atoms with van der Waals surface area (Å²) in [6, 6.07) is 15.7. The maximum absolute atomic E-state index is 12.5. The second-order valence-electron chi connectivity index (χ2n) is 5.72. The molecule has 0 spiro atoms. The molecule has 0 radical (unpaired) electrons. The minimum atomic E-state index is -0.257. The van der Waals surface area contributed by atoms with Crippen molar-refractivity contribution in [2.45, 2.75) is 0 Å². The summed E-state index contributed by atoms with van der Waals surface area (Å²) in [5.41, 5.74) is 0.938. The van der Waals surface area contributed by atoms with Crippen LogP contribution in [0.1, 0.15) is 5.56 Å². The highest BCUT2D eigenvalue weighted by Gasteiger charge is 2.34. The zero-order valence-corrected chi connectivity index (χ0v) is 15.4. The molecule has 1 aliphatic rings. The predicted molar refractivity (Wildman–Crippen MR) is 106 cm³/mol. The fourth-order valence-corrected chi connectivity index (χ4v) is 4.25. The van der Waals surface area contributed by atoms with Gasteiger partial charge in [0.1, 0.15) is 12.4 Å². The van der Waals surface area contributed by atoms with Gasteiger partial charge in [0.25, 0.3) is 11.1 Å². The number of imide groups is 1. The third kappa shape index (κ3) is 3.38. The number of hydrogen-bond donors (Lipinski definition) is 0. The van der Waals surface area contributed by atoms with E-state index in [4.69, 9.17) is 4.74 Å². The highest BCUT2D eigenvalue weighted by molar-refractivity contribution is 8.18. The normalized spacial score (nSPS) is 16.0. The van der Waals surface area contributed by atoms with Crippen LogP contribution < -0.4 is 4.74 Å². The molecule has 0 unspecified atom stereocenters. The maximum Gasteiger partial charge on any atom is 0.293 e. The Morgan fingerprint density at radius 2 is 1.88 bits per heavy atom. The summed E-state index contributed by atoms with van der Waals surface area (Å²) in [6.07, 6.45) is 1.76. The van der Waals surface area contributed by atoms with E-state index in [9.17, 15) is 9.59 Å². The number of nitrogens with zero attached hydrogens (tertiary/aromatic N) is 1. The van der Waals surface area contributed by atoms with Gasteiger partial charge in [0.05, 0.1) is 11.4 Å². The van der Waals surface area contributed by atoms with Crippen molar-refractivity contribution in [2.75, 3.05) is 13.2 Å². The fourth-order valence-electron chi connectivity index (χ4n) is 2.77. The van der Waals surface area contributed by atoms with Gasteiger partial charge < -0.3 is 4.74 Å². The second-order valence-corrected chi connectivity index (χ2v) is 7.49. The lowest BCUT2D eigenvalue weighted by atomic mass is 10.1. The van der Waals surface area contributed by atoms with Crippen molar-refractivity contribution in [1.29, 1.82) is 0 Å². The van der Waals surface area contributed by atoms with Crippen LogP contribution >= 0.6 is 23.1 Å². The van der Waals surface area contributed by atoms with Crippen LogP contribution in [0.5, 0.6) is 5.75 Å². The first kappa shape index (κ1) is 16.9. The molecule has 1 fully saturated rings. The predicted octanol–water partition coefficient (Wildman–Crippen LogP) is 5.02. The zero-order chi connectivity index (χ0) is 17.9. The molecule has 0 N–H and O–H groups in total. The molecule has 6 heteroatoms. The molecule has 3 aromatic rings. The van der Waals surface area contributed by atoms with E-state index in [2.05, 4.69) is 0 Å². The summed E-state index contributed by atoms with van der Waals surface area (Å²) in [5, 5.41) is 5.74. The number of ether oxygens (including phenoxy) is 1. The highest BCUT2D eigenvalue weighted by Crippen LogP contribution is 2.32. The average molecular weight is 381 g/mol. The van der Waals surface area contributed by atoms with Gasteiger partial charge in [-0.05, 0) is 51.7 Å². The van der Waals surface area contributed by atoms with Crippen molar-refractivity contribution < 1.29 is 14.3 Å². The van der Waals surface area contributed by atoms with Crippen molar-refractivity contribution >= 4 is 51.1 Å². The molecule has 0 saturated carbocycles. The topological polar surface area (TPSA) is 46.6 Å². The molecule has 130 valence electrons. The van der Waals surface area contributed by atoms with Crippen molar-refractivity contribution in [1.82, 2.24) is 4.90 Å². The average Bonchev–Trinajstić information content (AvgIpc) is 3.25. The standard InChI is InChI=1S/C20H15NO3S2/c22-19-18(12-14-8-11-25-13-14)26-20(23)21(19)9-10-24-17-7-3-5-15-4-1-2-6-16(15)17/h1-8,11-13H,9-10H2/b18-12-. The van der Waals surface area contributed by atoms with E-state index in [1.807, 2.05) is 59.3 Å². The van der Waals surface area contributed by atoms with E-state index >= 15 is 0 Å². The molecule has 0 atom stereocenters. The first-order valence-electron chi connectivity index (χ1n) is 8.10. The first-order chi connectivity index (χ1) is 12.7. The van der Waals surface area contributed by atoms with Crippen molar-refractivity contribution in [2.24, 2.45) is 0 Å². The van der Waals surface area contributed by atoms with Gasteiger partial charge in [-0.25, -0.2) is 0 Å². The van der Waals surface area contributed by atoms with Crippen LogP contribution in [0.3, 0.4) is 0 Å². The smallest absolute Gasteiger partial charge is 0.293 e. The van der Waals surface area contributed by atoms with Crippen molar-refractivity contribution in [3.05, 3.63) is 69.8 Å². The Morgan fingerprint density at radius 1 is 1.04 bits per heavy atom. The van der Waals surface area contributed by atoms with Gasteiger partial charge in [0, 0.05) is 5.39 Å². The van der Waals surface area contributed by atoms with E-state index in [1.165, 1.54) is 4.90 Å². The summed E-state index contributed by atoms with van der Waals surface area (Å²) in [5.74, 6) is 0.497. The molecule has 2 heterocycles. The molecule has 0 bridgehead atoms. The Balaban J connectivity index is 1.43. The van der Waals surface area contributed by atoms with Crippen LogP contribution in [0.4, 0.5) is 4.79 Å². The lowest BCUT2D eigenvalue weighted by molar-refractivity contribution is -0.123. The summed E-state index contributed by atoms with van der Waals surface area (Å²) in [7, 11) is 0. The molecule has 4 nitrogen and oxygen atoms in total. The van der Waals surface area contributed by atoms with Gasteiger partial charge in [0.2, 0.25) is 0 Å².